The van der Waals surface area contributed by atoms with E-state index in [1.807, 2.05) is 13.0 Å². The third-order valence-electron chi connectivity index (χ3n) is 3.67. The van der Waals surface area contributed by atoms with E-state index in [-0.39, 0.29) is 0 Å². The van der Waals surface area contributed by atoms with Crippen molar-refractivity contribution in [3.8, 4) is 17.6 Å². The van der Waals surface area contributed by atoms with Crippen molar-refractivity contribution in [2.75, 3.05) is 27.2 Å². The van der Waals surface area contributed by atoms with Crippen LogP contribution in [0.5, 0.6) is 5.75 Å². The maximum Gasteiger partial charge on any atom is 0.123 e. The van der Waals surface area contributed by atoms with Crippen LogP contribution in [-0.2, 0) is 0 Å². The second-order valence-corrected chi connectivity index (χ2v) is 4.87. The number of methoxy groups -OCH3 is 1. The number of nitrogens with zero attached hydrogens (tertiary/aromatic N) is 1. The van der Waals surface area contributed by atoms with E-state index in [1.54, 1.807) is 7.11 Å². The first-order valence-corrected chi connectivity index (χ1v) is 6.54. The van der Waals surface area contributed by atoms with Crippen LogP contribution in [0.3, 0.4) is 0 Å². The van der Waals surface area contributed by atoms with Gasteiger partial charge in [-0.3, -0.25) is 0 Å². The van der Waals surface area contributed by atoms with Gasteiger partial charge in [0.1, 0.15) is 5.75 Å². The molecule has 0 atom stereocenters. The van der Waals surface area contributed by atoms with E-state index in [4.69, 9.17) is 4.74 Å². The minimum atomic E-state index is 0.577. The Bertz CT molecular complexity index is 462. The topological polar surface area (TPSA) is 12.5 Å². The molecule has 0 radical (unpaired) electrons. The number of hydrogen-bond acceptors (Lipinski definition) is 2. The highest BCUT2D eigenvalue weighted by molar-refractivity contribution is 5.51. The maximum absolute atomic E-state index is 5.53. The van der Waals surface area contributed by atoms with Gasteiger partial charge in [-0.05, 0) is 58.0 Å². The Labute approximate surface area is 110 Å². The molecular weight excluding hydrogens is 222 g/mol. The summed E-state index contributed by atoms with van der Waals surface area (Å²) in [6.07, 6.45) is 2.38. The van der Waals surface area contributed by atoms with Crippen LogP contribution < -0.4 is 4.74 Å². The second kappa shape index (κ2) is 5.93. The summed E-state index contributed by atoms with van der Waals surface area (Å²) < 4.78 is 5.53. The van der Waals surface area contributed by atoms with Crippen molar-refractivity contribution in [2.24, 2.45) is 0 Å². The highest BCUT2D eigenvalue weighted by Gasteiger charge is 2.23. The fourth-order valence-corrected chi connectivity index (χ4v) is 2.68. The van der Waals surface area contributed by atoms with E-state index >= 15 is 0 Å². The van der Waals surface area contributed by atoms with Gasteiger partial charge in [0, 0.05) is 11.1 Å². The smallest absolute Gasteiger partial charge is 0.123 e. The summed E-state index contributed by atoms with van der Waals surface area (Å²) in [5.41, 5.74) is 2.44. The number of benzene rings is 1. The molecular formula is C16H21NO. The van der Waals surface area contributed by atoms with Crippen LogP contribution in [0, 0.1) is 11.8 Å². The van der Waals surface area contributed by atoms with Gasteiger partial charge in [0.05, 0.1) is 7.11 Å². The molecule has 0 bridgehead atoms. The van der Waals surface area contributed by atoms with Gasteiger partial charge < -0.3 is 9.64 Å². The van der Waals surface area contributed by atoms with Crippen LogP contribution in [0.4, 0.5) is 0 Å². The van der Waals surface area contributed by atoms with E-state index in [9.17, 15) is 0 Å². The van der Waals surface area contributed by atoms with Gasteiger partial charge in [-0.25, -0.2) is 0 Å². The molecule has 1 aromatic rings. The zero-order valence-electron chi connectivity index (χ0n) is 11.5. The molecule has 18 heavy (non-hydrogen) atoms. The Morgan fingerprint density at radius 3 is 2.61 bits per heavy atom. The van der Waals surface area contributed by atoms with Crippen LogP contribution in [-0.4, -0.2) is 32.1 Å². The number of hydrogen-bond donors (Lipinski definition) is 0. The van der Waals surface area contributed by atoms with Gasteiger partial charge in [-0.2, -0.15) is 0 Å². The molecule has 1 aromatic carbocycles. The van der Waals surface area contributed by atoms with Gasteiger partial charge >= 0.3 is 0 Å². The first-order valence-electron chi connectivity index (χ1n) is 6.54. The zero-order chi connectivity index (χ0) is 13.0. The summed E-state index contributed by atoms with van der Waals surface area (Å²) >= 11 is 0. The molecule has 1 aliphatic heterocycles. The van der Waals surface area contributed by atoms with E-state index in [0.29, 0.717) is 5.92 Å². The van der Waals surface area contributed by atoms with E-state index in [0.717, 1.165) is 24.4 Å². The molecule has 2 rings (SSSR count). The number of ether oxygens (including phenoxy) is 1. The molecule has 0 saturated carbocycles. The van der Waals surface area contributed by atoms with Crippen molar-refractivity contribution in [3.05, 3.63) is 29.3 Å². The highest BCUT2D eigenvalue weighted by atomic mass is 16.5. The van der Waals surface area contributed by atoms with Gasteiger partial charge in [0.25, 0.3) is 0 Å². The highest BCUT2D eigenvalue weighted by Crippen LogP contribution is 2.36. The molecule has 96 valence electrons. The molecule has 0 aromatic heterocycles. The normalized spacial score (nSPS) is 17.1. The standard InChI is InChI=1S/C16H21NO/c1-4-6-13-7-5-8-15(18-3)16(13)14-9-11-17(2)12-10-14/h5,7-8,14H,9-12H2,1-3H3. The van der Waals surface area contributed by atoms with Crippen LogP contribution in [0.1, 0.15) is 36.8 Å². The van der Waals surface area contributed by atoms with Crippen molar-refractivity contribution in [2.45, 2.75) is 25.7 Å². The minimum absolute atomic E-state index is 0.577. The zero-order valence-corrected chi connectivity index (χ0v) is 11.5. The first-order chi connectivity index (χ1) is 8.76. The van der Waals surface area contributed by atoms with Crippen LogP contribution >= 0.6 is 0 Å². The molecule has 1 fully saturated rings. The Morgan fingerprint density at radius 1 is 1.28 bits per heavy atom. The molecule has 1 aliphatic rings. The molecule has 2 heteroatoms. The Balaban J connectivity index is 2.36. The van der Waals surface area contributed by atoms with Crippen LogP contribution in [0.15, 0.2) is 18.2 Å². The van der Waals surface area contributed by atoms with Crippen molar-refractivity contribution in [1.82, 2.24) is 4.90 Å². The van der Waals surface area contributed by atoms with Gasteiger partial charge in [0.15, 0.2) is 0 Å². The van der Waals surface area contributed by atoms with Crippen molar-refractivity contribution < 1.29 is 4.74 Å². The van der Waals surface area contributed by atoms with Crippen molar-refractivity contribution >= 4 is 0 Å². The molecule has 1 saturated heterocycles. The summed E-state index contributed by atoms with van der Waals surface area (Å²) in [7, 11) is 3.93. The summed E-state index contributed by atoms with van der Waals surface area (Å²) in [4.78, 5) is 2.39. The fourth-order valence-electron chi connectivity index (χ4n) is 2.68. The number of likely N-dealkylation sites (tertiary alicyclic amines) is 1. The third-order valence-corrected chi connectivity index (χ3v) is 3.67. The second-order valence-electron chi connectivity index (χ2n) is 4.87. The number of piperidine rings is 1. The summed E-state index contributed by atoms with van der Waals surface area (Å²) in [6, 6.07) is 6.18. The van der Waals surface area contributed by atoms with Crippen molar-refractivity contribution in [1.29, 1.82) is 0 Å². The molecule has 0 amide bonds. The molecule has 0 N–H and O–H groups in total. The van der Waals surface area contributed by atoms with E-state index in [2.05, 4.69) is 35.9 Å². The lowest BCUT2D eigenvalue weighted by Crippen LogP contribution is -2.29. The molecule has 0 spiro atoms. The molecule has 0 unspecified atom stereocenters. The number of rotatable bonds is 2. The monoisotopic (exact) mass is 243 g/mol. The lowest BCUT2D eigenvalue weighted by molar-refractivity contribution is 0.252. The van der Waals surface area contributed by atoms with Crippen LogP contribution in [0.2, 0.25) is 0 Å². The Morgan fingerprint density at radius 2 is 2.00 bits per heavy atom. The SMILES string of the molecule is CC#Cc1cccc(OC)c1C1CCN(C)CC1. The first kappa shape index (κ1) is 13.0. The Hall–Kier alpha value is -1.46. The van der Waals surface area contributed by atoms with E-state index in [1.165, 1.54) is 18.4 Å². The summed E-state index contributed by atoms with van der Waals surface area (Å²) in [6.45, 7) is 4.20. The predicted molar refractivity (Wildman–Crippen MR) is 75.0 cm³/mol. The molecule has 0 aliphatic carbocycles. The third kappa shape index (κ3) is 2.68. The average Bonchev–Trinajstić information content (AvgIpc) is 2.40. The van der Waals surface area contributed by atoms with Gasteiger partial charge in [-0.15, -0.1) is 5.92 Å². The molecule has 1 heterocycles. The van der Waals surface area contributed by atoms with Crippen LogP contribution in [0.25, 0.3) is 0 Å². The lowest BCUT2D eigenvalue weighted by Gasteiger charge is -2.30. The predicted octanol–water partition coefficient (Wildman–Crippen LogP) is 2.88. The fraction of sp³-hybridized carbons (Fsp3) is 0.500. The lowest BCUT2D eigenvalue weighted by atomic mass is 9.86. The molecule has 2 nitrogen and oxygen atoms in total. The van der Waals surface area contributed by atoms with E-state index < -0.39 is 0 Å². The maximum atomic E-state index is 5.53. The average molecular weight is 243 g/mol. The van der Waals surface area contributed by atoms with Gasteiger partial charge in [0.2, 0.25) is 0 Å². The quantitative estimate of drug-likeness (QED) is 0.741. The van der Waals surface area contributed by atoms with Gasteiger partial charge in [-0.1, -0.05) is 12.0 Å². The van der Waals surface area contributed by atoms with Crippen molar-refractivity contribution in [3.63, 3.8) is 0 Å². The summed E-state index contributed by atoms with van der Waals surface area (Å²) in [5, 5.41) is 0. The largest absolute Gasteiger partial charge is 0.496 e. The summed E-state index contributed by atoms with van der Waals surface area (Å²) in [5.74, 6) is 7.79. The Kier molecular flexibility index (Phi) is 4.28. The minimum Gasteiger partial charge on any atom is -0.496 e.